The Kier molecular flexibility index (Phi) is 2.21. The number of fused-ring (bicyclic) bond motifs is 1. The Morgan fingerprint density at radius 1 is 1.41 bits per heavy atom. The molecule has 0 radical (unpaired) electrons. The van der Waals surface area contributed by atoms with E-state index >= 15 is 0 Å². The van der Waals surface area contributed by atoms with Crippen LogP contribution in [0.5, 0.6) is 5.75 Å². The Balaban J connectivity index is 2.27. The normalized spacial score (nSPS) is 15.2. The molecule has 1 aromatic heterocycles. The summed E-state index contributed by atoms with van der Waals surface area (Å²) in [5.74, 6) is 0.913. The number of methoxy groups -OCH3 is 1. The first-order valence-corrected chi connectivity index (χ1v) is 5.90. The Morgan fingerprint density at radius 2 is 2.18 bits per heavy atom. The summed E-state index contributed by atoms with van der Waals surface area (Å²) in [6.07, 6.45) is 4.42. The quantitative estimate of drug-likeness (QED) is 0.757. The third-order valence-corrected chi connectivity index (χ3v) is 3.36. The fourth-order valence-electron chi connectivity index (χ4n) is 2.30. The summed E-state index contributed by atoms with van der Waals surface area (Å²) in [7, 11) is 1.65. The number of Topliss-reactive ketones (excluding diaryl/α,β-unsaturated/α-hetero) is 1. The van der Waals surface area contributed by atoms with Crippen molar-refractivity contribution in [2.24, 2.45) is 0 Å². The van der Waals surface area contributed by atoms with Gasteiger partial charge in [-0.2, -0.15) is 0 Å². The molecule has 17 heavy (non-hydrogen) atoms. The van der Waals surface area contributed by atoms with Gasteiger partial charge in [-0.05, 0) is 38.0 Å². The number of ketones is 1. The number of aromatic nitrogens is 1. The van der Waals surface area contributed by atoms with Gasteiger partial charge in [-0.1, -0.05) is 0 Å². The maximum Gasteiger partial charge on any atom is 0.161 e. The van der Waals surface area contributed by atoms with Crippen LogP contribution in [0.15, 0.2) is 24.4 Å². The van der Waals surface area contributed by atoms with E-state index in [1.807, 2.05) is 24.4 Å². The van der Waals surface area contributed by atoms with Gasteiger partial charge < -0.3 is 9.30 Å². The molecule has 1 heterocycles. The third-order valence-electron chi connectivity index (χ3n) is 3.36. The molecule has 0 atom stereocenters. The minimum absolute atomic E-state index is 0.114. The number of carbonyl (C=O) groups is 1. The van der Waals surface area contributed by atoms with Gasteiger partial charge >= 0.3 is 0 Å². The van der Waals surface area contributed by atoms with Gasteiger partial charge in [0.25, 0.3) is 0 Å². The molecule has 0 spiro atoms. The Hall–Kier alpha value is -1.77. The number of hydrogen-bond acceptors (Lipinski definition) is 2. The minimum atomic E-state index is 0.114. The van der Waals surface area contributed by atoms with E-state index in [4.69, 9.17) is 4.74 Å². The zero-order valence-corrected chi connectivity index (χ0v) is 10.1. The molecule has 2 aromatic rings. The van der Waals surface area contributed by atoms with Crippen molar-refractivity contribution in [3.8, 4) is 5.75 Å². The number of benzene rings is 1. The van der Waals surface area contributed by atoms with Crippen molar-refractivity contribution in [1.29, 1.82) is 0 Å². The first kappa shape index (κ1) is 10.4. The van der Waals surface area contributed by atoms with Gasteiger partial charge in [0.15, 0.2) is 5.78 Å². The molecule has 0 unspecified atom stereocenters. The van der Waals surface area contributed by atoms with Crippen molar-refractivity contribution in [3.63, 3.8) is 0 Å². The summed E-state index contributed by atoms with van der Waals surface area (Å²) in [5, 5.41) is 1.00. The van der Waals surface area contributed by atoms with E-state index in [1.54, 1.807) is 14.0 Å². The largest absolute Gasteiger partial charge is 0.497 e. The van der Waals surface area contributed by atoms with Gasteiger partial charge in [0, 0.05) is 28.7 Å². The lowest BCUT2D eigenvalue weighted by atomic mass is 10.1. The van der Waals surface area contributed by atoms with Crippen LogP contribution < -0.4 is 4.74 Å². The molecule has 3 heteroatoms. The van der Waals surface area contributed by atoms with Gasteiger partial charge in [-0.15, -0.1) is 0 Å². The van der Waals surface area contributed by atoms with E-state index in [0.717, 1.165) is 22.2 Å². The summed E-state index contributed by atoms with van der Waals surface area (Å²) in [5.41, 5.74) is 1.93. The lowest BCUT2D eigenvalue weighted by Crippen LogP contribution is -1.91. The lowest BCUT2D eigenvalue weighted by Gasteiger charge is -2.03. The van der Waals surface area contributed by atoms with Crippen LogP contribution in [0.25, 0.3) is 10.9 Å². The van der Waals surface area contributed by atoms with E-state index in [9.17, 15) is 4.79 Å². The SMILES string of the molecule is COc1ccc2c(c1)c(C(C)=O)cn2C1CC1. The highest BCUT2D eigenvalue weighted by Crippen LogP contribution is 2.39. The van der Waals surface area contributed by atoms with Gasteiger partial charge in [0.2, 0.25) is 0 Å². The average Bonchev–Trinajstić information content (AvgIpc) is 3.09. The summed E-state index contributed by atoms with van der Waals surface area (Å²) in [4.78, 5) is 11.7. The molecule has 3 rings (SSSR count). The summed E-state index contributed by atoms with van der Waals surface area (Å²) in [6, 6.07) is 6.52. The smallest absolute Gasteiger partial charge is 0.161 e. The van der Waals surface area contributed by atoms with Crippen molar-refractivity contribution in [1.82, 2.24) is 4.57 Å². The van der Waals surface area contributed by atoms with E-state index in [1.165, 1.54) is 12.8 Å². The molecule has 0 amide bonds. The molecule has 1 aliphatic rings. The van der Waals surface area contributed by atoms with Gasteiger partial charge in [0.05, 0.1) is 7.11 Å². The molecule has 3 nitrogen and oxygen atoms in total. The number of ether oxygens (including phenoxy) is 1. The molecule has 1 aromatic carbocycles. The monoisotopic (exact) mass is 229 g/mol. The number of nitrogens with zero attached hydrogens (tertiary/aromatic N) is 1. The molecule has 1 aliphatic carbocycles. The van der Waals surface area contributed by atoms with E-state index < -0.39 is 0 Å². The van der Waals surface area contributed by atoms with Crippen molar-refractivity contribution in [3.05, 3.63) is 30.0 Å². The standard InChI is InChI=1S/C14H15NO2/c1-9(16)13-8-15(10-3-4-10)14-6-5-11(17-2)7-12(13)14/h5-8,10H,3-4H2,1-2H3. The fourth-order valence-corrected chi connectivity index (χ4v) is 2.30. The second-order valence-corrected chi connectivity index (χ2v) is 4.62. The Bertz CT molecular complexity index is 594. The third kappa shape index (κ3) is 1.62. The topological polar surface area (TPSA) is 31.2 Å². The molecule has 1 saturated carbocycles. The van der Waals surface area contributed by atoms with Gasteiger partial charge in [-0.3, -0.25) is 4.79 Å². The molecular weight excluding hydrogens is 214 g/mol. The maximum absolute atomic E-state index is 11.7. The predicted octanol–water partition coefficient (Wildman–Crippen LogP) is 3.19. The number of hydrogen-bond donors (Lipinski definition) is 0. The highest BCUT2D eigenvalue weighted by Gasteiger charge is 2.26. The molecular formula is C14H15NO2. The molecule has 0 bridgehead atoms. The molecule has 0 N–H and O–H groups in total. The minimum Gasteiger partial charge on any atom is -0.497 e. The zero-order valence-electron chi connectivity index (χ0n) is 10.1. The first-order chi connectivity index (χ1) is 8.20. The average molecular weight is 229 g/mol. The second-order valence-electron chi connectivity index (χ2n) is 4.62. The predicted molar refractivity (Wildman–Crippen MR) is 66.8 cm³/mol. The van der Waals surface area contributed by atoms with Crippen LogP contribution in [0, 0.1) is 0 Å². The van der Waals surface area contributed by atoms with E-state index in [0.29, 0.717) is 6.04 Å². The maximum atomic E-state index is 11.7. The zero-order chi connectivity index (χ0) is 12.0. The van der Waals surface area contributed by atoms with Crippen molar-refractivity contribution >= 4 is 16.7 Å². The molecule has 0 saturated heterocycles. The number of rotatable bonds is 3. The Morgan fingerprint density at radius 3 is 2.76 bits per heavy atom. The van der Waals surface area contributed by atoms with Crippen LogP contribution >= 0.6 is 0 Å². The highest BCUT2D eigenvalue weighted by atomic mass is 16.5. The van der Waals surface area contributed by atoms with Gasteiger partial charge in [-0.25, -0.2) is 0 Å². The number of carbonyl (C=O) groups excluding carboxylic acids is 1. The first-order valence-electron chi connectivity index (χ1n) is 5.90. The van der Waals surface area contributed by atoms with E-state index in [2.05, 4.69) is 4.57 Å². The molecule has 0 aliphatic heterocycles. The van der Waals surface area contributed by atoms with Crippen LogP contribution in [-0.4, -0.2) is 17.5 Å². The van der Waals surface area contributed by atoms with Crippen molar-refractivity contribution < 1.29 is 9.53 Å². The molecule has 88 valence electrons. The fraction of sp³-hybridized carbons (Fsp3) is 0.357. The van der Waals surface area contributed by atoms with Crippen LogP contribution in [-0.2, 0) is 0 Å². The Labute approximate surface area is 100.0 Å². The second kappa shape index (κ2) is 3.62. The molecule has 1 fully saturated rings. The van der Waals surface area contributed by atoms with E-state index in [-0.39, 0.29) is 5.78 Å². The van der Waals surface area contributed by atoms with Crippen LogP contribution in [0.4, 0.5) is 0 Å². The lowest BCUT2D eigenvalue weighted by molar-refractivity contribution is 0.101. The summed E-state index contributed by atoms with van der Waals surface area (Å²) in [6.45, 7) is 1.62. The van der Waals surface area contributed by atoms with Crippen LogP contribution in [0.1, 0.15) is 36.2 Å². The van der Waals surface area contributed by atoms with Gasteiger partial charge in [0.1, 0.15) is 5.75 Å². The van der Waals surface area contributed by atoms with Crippen molar-refractivity contribution in [2.45, 2.75) is 25.8 Å². The van der Waals surface area contributed by atoms with Crippen LogP contribution in [0.2, 0.25) is 0 Å². The summed E-state index contributed by atoms with van der Waals surface area (Å²) < 4.78 is 7.45. The highest BCUT2D eigenvalue weighted by molar-refractivity contribution is 6.07. The van der Waals surface area contributed by atoms with Crippen LogP contribution in [0.3, 0.4) is 0 Å². The summed E-state index contributed by atoms with van der Waals surface area (Å²) >= 11 is 0. The van der Waals surface area contributed by atoms with Crippen molar-refractivity contribution in [2.75, 3.05) is 7.11 Å².